The summed E-state index contributed by atoms with van der Waals surface area (Å²) < 4.78 is 5.80. The van der Waals surface area contributed by atoms with Crippen molar-refractivity contribution in [2.45, 2.75) is 38.9 Å². The number of hydrogen-bond donors (Lipinski definition) is 0. The monoisotopic (exact) mass is 180 g/mol. The van der Waals surface area contributed by atoms with Gasteiger partial charge in [0.1, 0.15) is 5.78 Å². The molecule has 2 bridgehead atoms. The van der Waals surface area contributed by atoms with E-state index in [9.17, 15) is 4.79 Å². The Bertz CT molecular complexity index is 267. The molecule has 2 heteroatoms. The van der Waals surface area contributed by atoms with Crippen molar-refractivity contribution < 1.29 is 9.53 Å². The van der Waals surface area contributed by atoms with Crippen LogP contribution < -0.4 is 0 Å². The Labute approximate surface area is 79.0 Å². The third-order valence-electron chi connectivity index (χ3n) is 3.01. The van der Waals surface area contributed by atoms with E-state index in [4.69, 9.17) is 4.74 Å². The predicted molar refractivity (Wildman–Crippen MR) is 50.4 cm³/mol. The molecule has 2 aliphatic rings. The molecule has 2 heterocycles. The second kappa shape index (κ2) is 2.68. The zero-order valence-corrected chi connectivity index (χ0v) is 8.41. The lowest BCUT2D eigenvalue weighted by Crippen LogP contribution is -2.44. The number of rotatable bonds is 1. The Kier molecular flexibility index (Phi) is 1.84. The fourth-order valence-corrected chi connectivity index (χ4v) is 2.38. The fourth-order valence-electron chi connectivity index (χ4n) is 2.38. The summed E-state index contributed by atoms with van der Waals surface area (Å²) in [6.07, 6.45) is 4.67. The second-order valence-corrected chi connectivity index (χ2v) is 4.67. The van der Waals surface area contributed by atoms with Gasteiger partial charge in [0.2, 0.25) is 0 Å². The molecule has 0 amide bonds. The Morgan fingerprint density at radius 3 is 2.92 bits per heavy atom. The highest BCUT2D eigenvalue weighted by atomic mass is 16.5. The first-order chi connectivity index (χ1) is 6.02. The SMILES string of the molecule is CC(C)[C@@H]1C(=O)C[C@]2(C)C=C[C@H]1O2. The second-order valence-electron chi connectivity index (χ2n) is 4.67. The molecule has 0 radical (unpaired) electrons. The topological polar surface area (TPSA) is 26.3 Å². The van der Waals surface area contributed by atoms with E-state index in [-0.39, 0.29) is 17.6 Å². The van der Waals surface area contributed by atoms with E-state index in [0.29, 0.717) is 18.1 Å². The van der Waals surface area contributed by atoms with Gasteiger partial charge in [0, 0.05) is 12.3 Å². The molecule has 2 rings (SSSR count). The Hall–Kier alpha value is -0.630. The lowest BCUT2D eigenvalue weighted by atomic mass is 9.82. The lowest BCUT2D eigenvalue weighted by Gasteiger charge is -2.36. The van der Waals surface area contributed by atoms with E-state index in [1.807, 2.05) is 13.0 Å². The molecule has 0 aromatic carbocycles. The van der Waals surface area contributed by atoms with E-state index in [0.717, 1.165) is 0 Å². The molecule has 0 unspecified atom stereocenters. The van der Waals surface area contributed by atoms with Gasteiger partial charge in [0.25, 0.3) is 0 Å². The molecule has 72 valence electrons. The first kappa shape index (κ1) is 8.95. The zero-order chi connectivity index (χ0) is 9.64. The van der Waals surface area contributed by atoms with Gasteiger partial charge in [-0.1, -0.05) is 26.0 Å². The Balaban J connectivity index is 2.25. The molecule has 0 spiro atoms. The van der Waals surface area contributed by atoms with Crippen LogP contribution in [0.5, 0.6) is 0 Å². The van der Waals surface area contributed by atoms with E-state index in [2.05, 4.69) is 19.9 Å². The third kappa shape index (κ3) is 1.33. The maximum absolute atomic E-state index is 11.8. The van der Waals surface area contributed by atoms with E-state index < -0.39 is 0 Å². The van der Waals surface area contributed by atoms with Crippen LogP contribution in [0.15, 0.2) is 12.2 Å². The minimum absolute atomic E-state index is 0.0336. The molecule has 3 atom stereocenters. The standard InChI is InChI=1S/C11H16O2/c1-7(2)10-8(12)6-11(3)5-4-9(10)13-11/h4-5,7,9-10H,6H2,1-3H3/t9-,10-,11+/m1/s1. The van der Waals surface area contributed by atoms with Gasteiger partial charge in [0.05, 0.1) is 11.7 Å². The highest BCUT2D eigenvalue weighted by Crippen LogP contribution is 2.39. The molecule has 0 saturated carbocycles. The van der Waals surface area contributed by atoms with Crippen molar-refractivity contribution in [3.05, 3.63) is 12.2 Å². The van der Waals surface area contributed by atoms with Crippen LogP contribution in [-0.4, -0.2) is 17.5 Å². The summed E-state index contributed by atoms with van der Waals surface area (Å²) in [4.78, 5) is 11.8. The molecule has 2 aliphatic heterocycles. The molecule has 0 aromatic heterocycles. The average molecular weight is 180 g/mol. The van der Waals surface area contributed by atoms with Gasteiger partial charge in [-0.3, -0.25) is 4.79 Å². The summed E-state index contributed by atoms with van der Waals surface area (Å²) in [6, 6.07) is 0. The third-order valence-corrected chi connectivity index (χ3v) is 3.01. The highest BCUT2D eigenvalue weighted by molar-refractivity contribution is 5.84. The van der Waals surface area contributed by atoms with Crippen LogP contribution in [0.2, 0.25) is 0 Å². The van der Waals surface area contributed by atoms with E-state index >= 15 is 0 Å². The van der Waals surface area contributed by atoms with Crippen LogP contribution in [0.4, 0.5) is 0 Å². The van der Waals surface area contributed by atoms with Gasteiger partial charge in [-0.2, -0.15) is 0 Å². The molecule has 0 N–H and O–H groups in total. The maximum atomic E-state index is 11.8. The van der Waals surface area contributed by atoms with Gasteiger partial charge >= 0.3 is 0 Å². The van der Waals surface area contributed by atoms with Crippen molar-refractivity contribution in [3.8, 4) is 0 Å². The number of carbonyl (C=O) groups excluding carboxylic acids is 1. The minimum atomic E-state index is -0.298. The largest absolute Gasteiger partial charge is 0.363 e. The van der Waals surface area contributed by atoms with Crippen molar-refractivity contribution in [2.24, 2.45) is 11.8 Å². The molecular weight excluding hydrogens is 164 g/mol. The van der Waals surface area contributed by atoms with Crippen molar-refractivity contribution >= 4 is 5.78 Å². The van der Waals surface area contributed by atoms with Gasteiger partial charge in [-0.15, -0.1) is 0 Å². The Morgan fingerprint density at radius 1 is 1.62 bits per heavy atom. The Morgan fingerprint density at radius 2 is 2.31 bits per heavy atom. The van der Waals surface area contributed by atoms with E-state index in [1.165, 1.54) is 0 Å². The van der Waals surface area contributed by atoms with Gasteiger partial charge in [-0.05, 0) is 12.8 Å². The van der Waals surface area contributed by atoms with Crippen LogP contribution in [0.1, 0.15) is 27.2 Å². The van der Waals surface area contributed by atoms with Crippen LogP contribution in [0.25, 0.3) is 0 Å². The smallest absolute Gasteiger partial charge is 0.142 e. The maximum Gasteiger partial charge on any atom is 0.142 e. The molecular formula is C11H16O2. The molecule has 2 nitrogen and oxygen atoms in total. The van der Waals surface area contributed by atoms with Crippen LogP contribution in [0.3, 0.4) is 0 Å². The van der Waals surface area contributed by atoms with Crippen molar-refractivity contribution in [1.82, 2.24) is 0 Å². The molecule has 1 saturated heterocycles. The van der Waals surface area contributed by atoms with Gasteiger partial charge in [-0.25, -0.2) is 0 Å². The summed E-state index contributed by atoms with van der Waals surface area (Å²) in [5.41, 5.74) is -0.298. The fraction of sp³-hybridized carbons (Fsp3) is 0.727. The van der Waals surface area contributed by atoms with Crippen molar-refractivity contribution in [2.75, 3.05) is 0 Å². The van der Waals surface area contributed by atoms with Gasteiger partial charge < -0.3 is 4.74 Å². The number of hydrogen-bond acceptors (Lipinski definition) is 2. The van der Waals surface area contributed by atoms with Gasteiger partial charge in [0.15, 0.2) is 0 Å². The normalized spacial score (nSPS) is 43.2. The molecule has 1 fully saturated rings. The first-order valence-electron chi connectivity index (χ1n) is 4.92. The van der Waals surface area contributed by atoms with Crippen LogP contribution in [-0.2, 0) is 9.53 Å². The number of Topliss-reactive ketones (excluding diaryl/α,β-unsaturated/α-hetero) is 1. The van der Waals surface area contributed by atoms with E-state index in [1.54, 1.807) is 0 Å². The first-order valence-corrected chi connectivity index (χ1v) is 4.92. The zero-order valence-electron chi connectivity index (χ0n) is 8.41. The lowest BCUT2D eigenvalue weighted by molar-refractivity contribution is -0.148. The molecule has 13 heavy (non-hydrogen) atoms. The molecule has 0 aromatic rings. The van der Waals surface area contributed by atoms with Crippen LogP contribution >= 0.6 is 0 Å². The quantitative estimate of drug-likeness (QED) is 0.576. The average Bonchev–Trinajstić information content (AvgIpc) is 2.26. The molecule has 0 aliphatic carbocycles. The number of ketones is 1. The number of fused-ring (bicyclic) bond motifs is 2. The minimum Gasteiger partial charge on any atom is -0.363 e. The number of ether oxygens (including phenoxy) is 1. The van der Waals surface area contributed by atoms with Crippen molar-refractivity contribution in [3.63, 3.8) is 0 Å². The van der Waals surface area contributed by atoms with Crippen LogP contribution in [0, 0.1) is 11.8 Å². The summed E-state index contributed by atoms with van der Waals surface area (Å²) in [5, 5.41) is 0. The summed E-state index contributed by atoms with van der Waals surface area (Å²) in [6.45, 7) is 6.15. The predicted octanol–water partition coefficient (Wildman–Crippen LogP) is 1.95. The van der Waals surface area contributed by atoms with Crippen molar-refractivity contribution in [1.29, 1.82) is 0 Å². The summed E-state index contributed by atoms with van der Waals surface area (Å²) in [7, 11) is 0. The number of carbonyl (C=O) groups is 1. The summed E-state index contributed by atoms with van der Waals surface area (Å²) in [5.74, 6) is 0.815. The summed E-state index contributed by atoms with van der Waals surface area (Å²) >= 11 is 0. The highest BCUT2D eigenvalue weighted by Gasteiger charge is 2.46.